The molecule has 2 aromatic carbocycles. The summed E-state index contributed by atoms with van der Waals surface area (Å²) in [6, 6.07) is 16.6. The zero-order valence-corrected chi connectivity index (χ0v) is 16.2. The van der Waals surface area contributed by atoms with E-state index >= 15 is 0 Å². The number of thioether (sulfide) groups is 1. The number of amides is 1. The fraction of sp³-hybridized carbons (Fsp3) is 0.100. The predicted molar refractivity (Wildman–Crippen MR) is 112 cm³/mol. The number of halogens is 1. The van der Waals surface area contributed by atoms with Crippen molar-refractivity contribution in [3.8, 4) is 5.75 Å². The Morgan fingerprint density at radius 3 is 2.54 bits per heavy atom. The molecule has 1 saturated heterocycles. The first-order valence-electron chi connectivity index (χ1n) is 7.98. The molecule has 0 aliphatic carbocycles. The summed E-state index contributed by atoms with van der Waals surface area (Å²) >= 11 is 12.9. The molecule has 1 aliphatic rings. The molecule has 6 heteroatoms. The number of thiocarbonyl (C=S) groups is 1. The molecule has 2 aromatic rings. The fourth-order valence-electron chi connectivity index (χ4n) is 2.47. The molecule has 0 saturated carbocycles. The molecule has 3 nitrogen and oxygen atoms in total. The molecular formula is C20H16ClNO2S2. The van der Waals surface area contributed by atoms with Crippen molar-refractivity contribution in [3.05, 3.63) is 81.7 Å². The molecule has 1 fully saturated rings. The minimum atomic E-state index is -0.126. The molecule has 0 aromatic heterocycles. The summed E-state index contributed by atoms with van der Waals surface area (Å²) < 4.78 is 0.532. The number of carbonyl (C=O) groups is 1. The van der Waals surface area contributed by atoms with Gasteiger partial charge in [0.2, 0.25) is 0 Å². The third-order valence-corrected chi connectivity index (χ3v) is 5.40. The Morgan fingerprint density at radius 1 is 1.15 bits per heavy atom. The highest BCUT2D eigenvalue weighted by molar-refractivity contribution is 8.26. The zero-order chi connectivity index (χ0) is 18.5. The van der Waals surface area contributed by atoms with Gasteiger partial charge in [-0.15, -0.1) is 0 Å². The molecule has 0 unspecified atom stereocenters. The second kappa shape index (κ2) is 8.54. The lowest BCUT2D eigenvalue weighted by Crippen LogP contribution is -2.30. The van der Waals surface area contributed by atoms with E-state index < -0.39 is 0 Å². The van der Waals surface area contributed by atoms with Crippen LogP contribution >= 0.6 is 35.6 Å². The summed E-state index contributed by atoms with van der Waals surface area (Å²) in [6.45, 7) is 0.493. The van der Waals surface area contributed by atoms with Crippen molar-refractivity contribution in [1.82, 2.24) is 4.90 Å². The largest absolute Gasteiger partial charge is 0.508 e. The number of carbonyl (C=O) groups excluding carboxylic acids is 1. The SMILES string of the molecule is O=C1/C(=C/C(Cl)=C/c2ccccc2)SC(=S)N1CCc1ccc(O)cc1. The maximum absolute atomic E-state index is 12.6. The smallest absolute Gasteiger partial charge is 0.266 e. The molecule has 0 spiro atoms. The van der Waals surface area contributed by atoms with Gasteiger partial charge in [-0.25, -0.2) is 0 Å². The van der Waals surface area contributed by atoms with Crippen molar-refractivity contribution in [2.24, 2.45) is 0 Å². The van der Waals surface area contributed by atoms with Crippen molar-refractivity contribution in [1.29, 1.82) is 0 Å². The highest BCUT2D eigenvalue weighted by Crippen LogP contribution is 2.32. The lowest BCUT2D eigenvalue weighted by Gasteiger charge is -2.14. The van der Waals surface area contributed by atoms with Crippen LogP contribution in [0.15, 0.2) is 70.6 Å². The molecule has 0 atom stereocenters. The van der Waals surface area contributed by atoms with Crippen LogP contribution in [0.4, 0.5) is 0 Å². The quantitative estimate of drug-likeness (QED) is 0.568. The summed E-state index contributed by atoms with van der Waals surface area (Å²) in [5.41, 5.74) is 2.00. The Hall–Kier alpha value is -2.08. The van der Waals surface area contributed by atoms with Gasteiger partial charge in [0.25, 0.3) is 5.91 Å². The van der Waals surface area contributed by atoms with Gasteiger partial charge >= 0.3 is 0 Å². The number of phenols is 1. The molecule has 1 N–H and O–H groups in total. The maximum atomic E-state index is 12.6. The summed E-state index contributed by atoms with van der Waals surface area (Å²) in [7, 11) is 0. The van der Waals surface area contributed by atoms with Crippen LogP contribution in [-0.2, 0) is 11.2 Å². The Bertz CT molecular complexity index is 876. The number of phenolic OH excluding ortho intramolecular Hbond substituents is 1. The minimum Gasteiger partial charge on any atom is -0.508 e. The summed E-state index contributed by atoms with van der Waals surface area (Å²) in [4.78, 5) is 14.7. The standard InChI is InChI=1S/C20H16ClNO2S2/c21-16(12-15-4-2-1-3-5-15)13-18-19(24)22(20(25)26-18)11-10-14-6-8-17(23)9-7-14/h1-9,12-13,23H,10-11H2/b16-12-,18-13-. The zero-order valence-electron chi connectivity index (χ0n) is 13.8. The first-order chi connectivity index (χ1) is 12.5. The van der Waals surface area contributed by atoms with Crippen molar-refractivity contribution in [2.45, 2.75) is 6.42 Å². The molecular weight excluding hydrogens is 386 g/mol. The average Bonchev–Trinajstić information content (AvgIpc) is 2.89. The van der Waals surface area contributed by atoms with Gasteiger partial charge in [-0.05, 0) is 41.8 Å². The molecule has 0 radical (unpaired) electrons. The van der Waals surface area contributed by atoms with E-state index in [4.69, 9.17) is 23.8 Å². The molecule has 1 amide bonds. The van der Waals surface area contributed by atoms with E-state index in [2.05, 4.69) is 0 Å². The molecule has 26 heavy (non-hydrogen) atoms. The van der Waals surface area contributed by atoms with Crippen LogP contribution < -0.4 is 0 Å². The van der Waals surface area contributed by atoms with Gasteiger partial charge in [0, 0.05) is 11.6 Å². The van der Waals surface area contributed by atoms with Crippen molar-refractivity contribution >= 4 is 51.9 Å². The monoisotopic (exact) mass is 401 g/mol. The average molecular weight is 402 g/mol. The Kier molecular flexibility index (Phi) is 6.14. The number of nitrogens with zero attached hydrogens (tertiary/aromatic N) is 1. The fourth-order valence-corrected chi connectivity index (χ4v) is 4.07. The van der Waals surface area contributed by atoms with E-state index in [1.807, 2.05) is 48.5 Å². The third-order valence-electron chi connectivity index (χ3n) is 3.81. The Labute approximate surface area is 167 Å². The van der Waals surface area contributed by atoms with Crippen molar-refractivity contribution < 1.29 is 9.90 Å². The second-order valence-corrected chi connectivity index (χ2v) is 7.80. The van der Waals surface area contributed by atoms with Gasteiger partial charge in [0.15, 0.2) is 0 Å². The summed E-state index contributed by atoms with van der Waals surface area (Å²) in [6.07, 6.45) is 4.13. The third kappa shape index (κ3) is 4.75. The Balaban J connectivity index is 1.68. The number of hydrogen-bond donors (Lipinski definition) is 1. The van der Waals surface area contributed by atoms with Crippen LogP contribution in [0.1, 0.15) is 11.1 Å². The van der Waals surface area contributed by atoms with Crippen molar-refractivity contribution in [3.63, 3.8) is 0 Å². The van der Waals surface area contributed by atoms with Gasteiger partial charge in [0.05, 0.1) is 4.91 Å². The summed E-state index contributed by atoms with van der Waals surface area (Å²) in [5.74, 6) is 0.0977. The number of rotatable bonds is 5. The van der Waals surface area contributed by atoms with Crippen LogP contribution in [0.2, 0.25) is 0 Å². The number of hydrogen-bond acceptors (Lipinski definition) is 4. The van der Waals surface area contributed by atoms with E-state index in [1.165, 1.54) is 11.8 Å². The van der Waals surface area contributed by atoms with Crippen LogP contribution in [0.5, 0.6) is 5.75 Å². The van der Waals surface area contributed by atoms with E-state index in [-0.39, 0.29) is 11.7 Å². The first-order valence-corrected chi connectivity index (χ1v) is 9.59. The highest BCUT2D eigenvalue weighted by atomic mass is 35.5. The van der Waals surface area contributed by atoms with E-state index in [0.29, 0.717) is 27.2 Å². The van der Waals surface area contributed by atoms with E-state index in [0.717, 1.165) is 11.1 Å². The summed E-state index contributed by atoms with van der Waals surface area (Å²) in [5, 5.41) is 9.81. The maximum Gasteiger partial charge on any atom is 0.266 e. The molecule has 3 rings (SSSR count). The lowest BCUT2D eigenvalue weighted by molar-refractivity contribution is -0.122. The topological polar surface area (TPSA) is 40.5 Å². The van der Waals surface area contributed by atoms with Crippen LogP contribution in [0, 0.1) is 0 Å². The van der Waals surface area contributed by atoms with Crippen LogP contribution in [-0.4, -0.2) is 26.8 Å². The van der Waals surface area contributed by atoms with Crippen LogP contribution in [0.3, 0.4) is 0 Å². The second-order valence-electron chi connectivity index (χ2n) is 5.69. The van der Waals surface area contributed by atoms with Crippen molar-refractivity contribution in [2.75, 3.05) is 6.54 Å². The van der Waals surface area contributed by atoms with Crippen LogP contribution in [0.25, 0.3) is 6.08 Å². The molecule has 1 aliphatic heterocycles. The lowest BCUT2D eigenvalue weighted by atomic mass is 10.1. The van der Waals surface area contributed by atoms with Gasteiger partial charge in [-0.1, -0.05) is 78.0 Å². The van der Waals surface area contributed by atoms with Gasteiger partial charge in [0.1, 0.15) is 10.1 Å². The predicted octanol–water partition coefficient (Wildman–Crippen LogP) is 4.96. The number of allylic oxidation sites excluding steroid dienone is 2. The highest BCUT2D eigenvalue weighted by Gasteiger charge is 2.31. The number of benzene rings is 2. The first kappa shape index (κ1) is 18.7. The van der Waals surface area contributed by atoms with Gasteiger partial charge in [-0.2, -0.15) is 0 Å². The van der Waals surface area contributed by atoms with Gasteiger partial charge in [-0.3, -0.25) is 9.69 Å². The molecule has 132 valence electrons. The minimum absolute atomic E-state index is 0.126. The molecule has 1 heterocycles. The Morgan fingerprint density at radius 2 is 1.85 bits per heavy atom. The van der Waals surface area contributed by atoms with E-state index in [9.17, 15) is 9.90 Å². The number of aromatic hydroxyl groups is 1. The van der Waals surface area contributed by atoms with Gasteiger partial charge < -0.3 is 5.11 Å². The molecule has 0 bridgehead atoms. The van der Waals surface area contributed by atoms with E-state index in [1.54, 1.807) is 23.1 Å². The normalized spacial score (nSPS) is 16.6.